The summed E-state index contributed by atoms with van der Waals surface area (Å²) in [5.41, 5.74) is 1.04. The molecule has 0 radical (unpaired) electrons. The van der Waals surface area contributed by atoms with Crippen molar-refractivity contribution in [2.75, 3.05) is 26.7 Å². The summed E-state index contributed by atoms with van der Waals surface area (Å²) in [6.07, 6.45) is 6.06. The number of carbonyl (C=O) groups is 2. The summed E-state index contributed by atoms with van der Waals surface area (Å²) in [6.45, 7) is 8.39. The van der Waals surface area contributed by atoms with Gasteiger partial charge in [0.15, 0.2) is 0 Å². The Bertz CT molecular complexity index is 693. The van der Waals surface area contributed by atoms with Crippen molar-refractivity contribution in [3.05, 3.63) is 11.6 Å². The molecule has 0 aromatic carbocycles. The quantitative estimate of drug-likeness (QED) is 0.542. The van der Waals surface area contributed by atoms with Gasteiger partial charge in [-0.25, -0.2) is 4.79 Å². The molecule has 1 N–H and O–H groups in total. The maximum Gasteiger partial charge on any atom is 0.410 e. The van der Waals surface area contributed by atoms with Crippen molar-refractivity contribution in [2.24, 2.45) is 11.8 Å². The zero-order valence-electron chi connectivity index (χ0n) is 18.0. The van der Waals surface area contributed by atoms with E-state index < -0.39 is 0 Å². The fourth-order valence-corrected chi connectivity index (χ4v) is 5.11. The van der Waals surface area contributed by atoms with Gasteiger partial charge in [0.1, 0.15) is 6.10 Å². The van der Waals surface area contributed by atoms with E-state index in [1.54, 1.807) is 11.9 Å². The van der Waals surface area contributed by atoms with Gasteiger partial charge >= 0.3 is 6.09 Å². The van der Waals surface area contributed by atoms with Gasteiger partial charge in [-0.3, -0.25) is 4.79 Å². The summed E-state index contributed by atoms with van der Waals surface area (Å²) in [4.78, 5) is 25.7. The normalized spacial score (nSPS) is 38.2. The lowest BCUT2D eigenvalue weighted by molar-refractivity contribution is -0.122. The summed E-state index contributed by atoms with van der Waals surface area (Å²) in [5.74, 6) is 0.516. The number of rotatable bonds is 6. The average Bonchev–Trinajstić information content (AvgIpc) is 3.55. The molecule has 0 aromatic heterocycles. The van der Waals surface area contributed by atoms with E-state index >= 15 is 0 Å². The highest BCUT2D eigenvalue weighted by atomic mass is 16.6. The summed E-state index contributed by atoms with van der Waals surface area (Å²) in [6, 6.07) is 0. The molecule has 162 valence electrons. The number of epoxide rings is 2. The Balaban J connectivity index is 1.29. The van der Waals surface area contributed by atoms with Gasteiger partial charge in [0.25, 0.3) is 0 Å². The molecule has 4 fully saturated rings. The van der Waals surface area contributed by atoms with Crippen LogP contribution in [0.25, 0.3) is 0 Å². The van der Waals surface area contributed by atoms with Gasteiger partial charge in [-0.15, -0.1) is 0 Å². The Labute approximate surface area is 173 Å². The predicted molar refractivity (Wildman–Crippen MR) is 107 cm³/mol. The number of allylic oxidation sites excluding steroid dienone is 1. The number of likely N-dealkylation sites (tertiary alicyclic amines) is 1. The van der Waals surface area contributed by atoms with E-state index in [0.29, 0.717) is 19.5 Å². The van der Waals surface area contributed by atoms with Gasteiger partial charge in [0.2, 0.25) is 5.91 Å². The summed E-state index contributed by atoms with van der Waals surface area (Å²) >= 11 is 0. The molecule has 7 nitrogen and oxygen atoms in total. The van der Waals surface area contributed by atoms with Crippen LogP contribution in [0.1, 0.15) is 52.9 Å². The number of amides is 2. The molecule has 3 saturated heterocycles. The third kappa shape index (κ3) is 4.17. The summed E-state index contributed by atoms with van der Waals surface area (Å²) < 4.78 is 17.9. The van der Waals surface area contributed by atoms with E-state index in [1.807, 2.05) is 0 Å². The maximum absolute atomic E-state index is 12.5. The lowest BCUT2D eigenvalue weighted by atomic mass is 9.70. The Morgan fingerprint density at radius 3 is 2.66 bits per heavy atom. The third-order valence-electron chi connectivity index (χ3n) is 7.18. The van der Waals surface area contributed by atoms with E-state index in [9.17, 15) is 9.59 Å². The number of nitrogens with one attached hydrogen (secondary N) is 1. The molecular weight excluding hydrogens is 372 g/mol. The molecule has 1 saturated carbocycles. The van der Waals surface area contributed by atoms with E-state index in [2.05, 4.69) is 32.2 Å². The van der Waals surface area contributed by atoms with Crippen molar-refractivity contribution in [1.29, 1.82) is 0 Å². The average molecular weight is 407 g/mol. The number of nitrogens with zero attached hydrogens (tertiary/aromatic N) is 1. The van der Waals surface area contributed by atoms with Crippen molar-refractivity contribution in [3.8, 4) is 0 Å². The van der Waals surface area contributed by atoms with Crippen molar-refractivity contribution in [3.63, 3.8) is 0 Å². The van der Waals surface area contributed by atoms with Crippen molar-refractivity contribution >= 4 is 12.0 Å². The molecule has 0 bridgehead atoms. The molecule has 3 unspecified atom stereocenters. The fourth-order valence-electron chi connectivity index (χ4n) is 5.11. The second-order valence-electron chi connectivity index (χ2n) is 9.64. The zero-order valence-corrected chi connectivity index (χ0v) is 18.0. The molecule has 2 amide bonds. The van der Waals surface area contributed by atoms with Crippen LogP contribution in [-0.4, -0.2) is 67.1 Å². The minimum atomic E-state index is -0.252. The number of hydrogen-bond donors (Lipinski definition) is 1. The van der Waals surface area contributed by atoms with Crippen molar-refractivity contribution < 1.29 is 23.8 Å². The highest BCUT2D eigenvalue weighted by molar-refractivity contribution is 5.76. The molecule has 0 aromatic rings. The molecule has 3 aliphatic heterocycles. The van der Waals surface area contributed by atoms with Gasteiger partial charge in [0, 0.05) is 38.4 Å². The van der Waals surface area contributed by atoms with Crippen LogP contribution in [0.3, 0.4) is 0 Å². The lowest BCUT2D eigenvalue weighted by Gasteiger charge is -2.41. The standard InChI is InChI=1S/C22H34N2O5/c1-14(2)5-6-18-21(3,29-18)17-10-16(7-8-22(17)13-27-22)28-20(26)24-11-15(12-24)9-19(25)23-4/h5,15-18H,6-13H2,1-4H3,(H,23,25)/t16?,17?,18-,21-,22?/m1/s1. The number of hydrogen-bond acceptors (Lipinski definition) is 5. The SMILES string of the molecule is CNC(=O)CC1CN(C(=O)OC2CCC3(CO3)C([C@@]3(C)O[C@@H]3CC=C(C)C)C2)C1. The molecule has 1 aliphatic carbocycles. The topological polar surface area (TPSA) is 83.7 Å². The van der Waals surface area contributed by atoms with Gasteiger partial charge in [-0.05, 0) is 46.5 Å². The van der Waals surface area contributed by atoms with E-state index in [-0.39, 0.29) is 47.2 Å². The van der Waals surface area contributed by atoms with E-state index in [1.165, 1.54) is 5.57 Å². The molecule has 29 heavy (non-hydrogen) atoms. The Kier molecular flexibility index (Phi) is 5.40. The summed E-state index contributed by atoms with van der Waals surface area (Å²) in [5, 5.41) is 2.63. The number of carbonyl (C=O) groups excluding carboxylic acids is 2. The minimum absolute atomic E-state index is 0.0215. The highest BCUT2D eigenvalue weighted by Gasteiger charge is 2.68. The van der Waals surface area contributed by atoms with Crippen LogP contribution >= 0.6 is 0 Å². The second-order valence-corrected chi connectivity index (χ2v) is 9.64. The van der Waals surface area contributed by atoms with Gasteiger partial charge in [-0.1, -0.05) is 11.6 Å². The molecule has 7 heteroatoms. The fraction of sp³-hybridized carbons (Fsp3) is 0.818. The third-order valence-corrected chi connectivity index (χ3v) is 7.18. The Morgan fingerprint density at radius 2 is 2.03 bits per heavy atom. The van der Waals surface area contributed by atoms with Gasteiger partial charge < -0.3 is 24.4 Å². The summed E-state index contributed by atoms with van der Waals surface area (Å²) in [7, 11) is 1.64. The highest BCUT2D eigenvalue weighted by Crippen LogP contribution is 2.59. The smallest absolute Gasteiger partial charge is 0.410 e. The maximum atomic E-state index is 12.5. The zero-order chi connectivity index (χ0) is 20.8. The second kappa shape index (κ2) is 7.58. The van der Waals surface area contributed by atoms with Crippen LogP contribution in [0, 0.1) is 11.8 Å². The van der Waals surface area contributed by atoms with Gasteiger partial charge in [0.05, 0.1) is 23.9 Å². The van der Waals surface area contributed by atoms with Crippen LogP contribution in [0.5, 0.6) is 0 Å². The van der Waals surface area contributed by atoms with Gasteiger partial charge in [-0.2, -0.15) is 0 Å². The largest absolute Gasteiger partial charge is 0.446 e. The first kappa shape index (κ1) is 20.7. The van der Waals surface area contributed by atoms with Crippen LogP contribution in [0.4, 0.5) is 4.79 Å². The molecule has 3 heterocycles. The first-order valence-electron chi connectivity index (χ1n) is 10.9. The Hall–Kier alpha value is -1.60. The van der Waals surface area contributed by atoms with Crippen LogP contribution in [0.15, 0.2) is 11.6 Å². The molecule has 5 atom stereocenters. The first-order chi connectivity index (χ1) is 13.8. The number of ether oxygens (including phenoxy) is 3. The molecular formula is C22H34N2O5. The predicted octanol–water partition coefficient (Wildman–Crippen LogP) is 2.64. The minimum Gasteiger partial charge on any atom is -0.446 e. The van der Waals surface area contributed by atoms with E-state index in [0.717, 1.165) is 32.3 Å². The van der Waals surface area contributed by atoms with Crippen LogP contribution < -0.4 is 5.32 Å². The molecule has 4 rings (SSSR count). The first-order valence-corrected chi connectivity index (χ1v) is 10.9. The van der Waals surface area contributed by atoms with Crippen LogP contribution in [-0.2, 0) is 19.0 Å². The van der Waals surface area contributed by atoms with Crippen molar-refractivity contribution in [2.45, 2.75) is 76.3 Å². The van der Waals surface area contributed by atoms with Crippen molar-refractivity contribution in [1.82, 2.24) is 10.2 Å². The monoisotopic (exact) mass is 406 g/mol. The molecule has 1 spiro atoms. The Morgan fingerprint density at radius 1 is 1.31 bits per heavy atom. The molecule has 4 aliphatic rings. The lowest BCUT2D eigenvalue weighted by Crippen LogP contribution is -2.53. The van der Waals surface area contributed by atoms with Crippen LogP contribution in [0.2, 0.25) is 0 Å². The van der Waals surface area contributed by atoms with E-state index in [4.69, 9.17) is 14.2 Å².